The van der Waals surface area contributed by atoms with E-state index in [0.717, 1.165) is 35.5 Å². The molecular weight excluding hydrogens is 420 g/mol. The van der Waals surface area contributed by atoms with Gasteiger partial charge in [-0.15, -0.1) is 0 Å². The van der Waals surface area contributed by atoms with Crippen molar-refractivity contribution in [1.29, 1.82) is 0 Å². The zero-order chi connectivity index (χ0) is 19.3. The number of hydrogen-bond donors (Lipinski definition) is 2. The van der Waals surface area contributed by atoms with Crippen LogP contribution in [0.4, 0.5) is 4.79 Å². The molecule has 0 spiro atoms. The Morgan fingerprint density at radius 3 is 2.77 bits per heavy atom. The Labute approximate surface area is 163 Å². The summed E-state index contributed by atoms with van der Waals surface area (Å²) in [6, 6.07) is 4.42. The summed E-state index contributed by atoms with van der Waals surface area (Å²) in [7, 11) is 0. The highest BCUT2D eigenvalue weighted by atomic mass is 79.9. The van der Waals surface area contributed by atoms with Crippen LogP contribution in [0.15, 0.2) is 32.6 Å². The Morgan fingerprint density at radius 1 is 1.38 bits per heavy atom. The largest absolute Gasteiger partial charge is 0.351 e. The number of aromatic nitrogens is 2. The molecule has 0 saturated carbocycles. The molecule has 1 heterocycles. The summed E-state index contributed by atoms with van der Waals surface area (Å²) >= 11 is 4.51. The predicted molar refractivity (Wildman–Crippen MR) is 106 cm³/mol. The van der Waals surface area contributed by atoms with Crippen LogP contribution in [0.5, 0.6) is 0 Å². The second kappa shape index (κ2) is 9.18. The average Bonchev–Trinajstić information content (AvgIpc) is 2.57. The lowest BCUT2D eigenvalue weighted by Crippen LogP contribution is -2.39. The summed E-state index contributed by atoms with van der Waals surface area (Å²) in [6.45, 7) is 4.25. The summed E-state index contributed by atoms with van der Waals surface area (Å²) in [5.74, 6) is -0.521. The third-order valence-corrected chi connectivity index (χ3v) is 5.35. The number of nitrogens with two attached hydrogens (primary N) is 1. The lowest BCUT2D eigenvalue weighted by atomic mass is 10.2. The highest BCUT2D eigenvalue weighted by Crippen LogP contribution is 2.24. The normalized spacial score (nSPS) is 12.1. The second-order valence-electron chi connectivity index (χ2n) is 5.83. The molecule has 0 radical (unpaired) electrons. The number of fused-ring (bicyclic) bond motifs is 1. The lowest BCUT2D eigenvalue weighted by Gasteiger charge is -2.16. The second-order valence-corrected chi connectivity index (χ2v) is 8.06. The lowest BCUT2D eigenvalue weighted by molar-refractivity contribution is -0.119. The van der Waals surface area contributed by atoms with Crippen molar-refractivity contribution in [2.75, 3.05) is 0 Å². The molecule has 1 aromatic heterocycles. The number of halogens is 1. The number of rotatable bonds is 7. The van der Waals surface area contributed by atoms with E-state index in [9.17, 15) is 14.4 Å². The highest BCUT2D eigenvalue weighted by molar-refractivity contribution is 9.10. The molecule has 3 amide bonds. The molecule has 0 unspecified atom stereocenters. The van der Waals surface area contributed by atoms with Crippen LogP contribution >= 0.6 is 27.7 Å². The number of carbonyl (C=O) groups is 2. The fraction of sp³-hybridized carbons (Fsp3) is 0.412. The van der Waals surface area contributed by atoms with Crippen LogP contribution in [-0.4, -0.2) is 26.7 Å². The number of thioether (sulfide) groups is 1. The van der Waals surface area contributed by atoms with Crippen LogP contribution in [0.25, 0.3) is 10.9 Å². The molecule has 0 aliphatic carbocycles. The maximum absolute atomic E-state index is 12.9. The van der Waals surface area contributed by atoms with E-state index in [4.69, 9.17) is 5.73 Å². The van der Waals surface area contributed by atoms with Gasteiger partial charge in [-0.05, 0) is 31.5 Å². The quantitative estimate of drug-likeness (QED) is 0.390. The van der Waals surface area contributed by atoms with Crippen LogP contribution in [0.3, 0.4) is 0 Å². The molecule has 9 heteroatoms. The average molecular weight is 441 g/mol. The summed E-state index contributed by atoms with van der Waals surface area (Å²) < 4.78 is 2.40. The Balaban J connectivity index is 2.43. The van der Waals surface area contributed by atoms with Crippen molar-refractivity contribution in [3.8, 4) is 0 Å². The minimum absolute atomic E-state index is 0.141. The number of unbranched alkanes of at least 4 members (excludes halogenated alkanes) is 2. The van der Waals surface area contributed by atoms with Crippen molar-refractivity contribution in [3.05, 3.63) is 33.0 Å². The Kier molecular flexibility index (Phi) is 7.22. The number of hydrogen-bond acceptors (Lipinski definition) is 5. The molecule has 0 bridgehead atoms. The van der Waals surface area contributed by atoms with Crippen LogP contribution in [0, 0.1) is 0 Å². The minimum Gasteiger partial charge on any atom is -0.351 e. The van der Waals surface area contributed by atoms with Crippen molar-refractivity contribution in [1.82, 2.24) is 14.9 Å². The van der Waals surface area contributed by atoms with Crippen molar-refractivity contribution >= 4 is 50.5 Å². The van der Waals surface area contributed by atoms with Crippen molar-refractivity contribution in [2.45, 2.75) is 50.1 Å². The SMILES string of the molecule is CCCCCn1c(S[C@@H](C)C(=O)NC(N)=O)nc2ccc(Br)cc2c1=O. The number of benzene rings is 1. The third-order valence-electron chi connectivity index (χ3n) is 3.76. The van der Waals surface area contributed by atoms with Gasteiger partial charge in [0.05, 0.1) is 16.2 Å². The van der Waals surface area contributed by atoms with Gasteiger partial charge >= 0.3 is 6.03 Å². The molecule has 140 valence electrons. The van der Waals surface area contributed by atoms with E-state index in [1.807, 2.05) is 6.07 Å². The van der Waals surface area contributed by atoms with Gasteiger partial charge in [0.2, 0.25) is 5.91 Å². The van der Waals surface area contributed by atoms with E-state index < -0.39 is 17.2 Å². The maximum Gasteiger partial charge on any atom is 0.318 e. The number of urea groups is 1. The molecule has 0 fully saturated rings. The first-order valence-corrected chi connectivity index (χ1v) is 9.97. The number of primary amides is 1. The minimum atomic E-state index is -0.904. The Morgan fingerprint density at radius 2 is 2.12 bits per heavy atom. The fourth-order valence-corrected chi connectivity index (χ4v) is 3.71. The number of carbonyl (C=O) groups excluding carboxylic acids is 2. The first-order valence-electron chi connectivity index (χ1n) is 8.30. The first kappa shape index (κ1) is 20.4. The molecule has 2 aromatic rings. The standard InChI is InChI=1S/C17H21BrN4O3S/c1-3-4-5-8-22-15(24)12-9-11(18)6-7-13(12)20-17(22)26-10(2)14(23)21-16(19)25/h6-7,9-10H,3-5,8H2,1-2H3,(H3,19,21,23,25)/t10-/m0/s1. The molecule has 0 aliphatic rings. The fourth-order valence-electron chi connectivity index (χ4n) is 2.41. The number of amides is 3. The summed E-state index contributed by atoms with van der Waals surface area (Å²) in [5.41, 5.74) is 5.42. The van der Waals surface area contributed by atoms with Crippen LogP contribution in [0.2, 0.25) is 0 Å². The third kappa shape index (κ3) is 5.07. The van der Waals surface area contributed by atoms with Crippen LogP contribution in [0.1, 0.15) is 33.1 Å². The molecule has 1 aromatic carbocycles. The van der Waals surface area contributed by atoms with Crippen LogP contribution in [-0.2, 0) is 11.3 Å². The molecule has 1 atom stereocenters. The van der Waals surface area contributed by atoms with Gasteiger partial charge in [-0.2, -0.15) is 0 Å². The van der Waals surface area contributed by atoms with Gasteiger partial charge in [0.25, 0.3) is 5.56 Å². The summed E-state index contributed by atoms with van der Waals surface area (Å²) in [6.07, 6.45) is 2.86. The molecule has 3 N–H and O–H groups in total. The van der Waals surface area contributed by atoms with Crippen molar-refractivity contribution in [2.24, 2.45) is 5.73 Å². The maximum atomic E-state index is 12.9. The molecule has 2 rings (SSSR count). The topological polar surface area (TPSA) is 107 Å². The van der Waals surface area contributed by atoms with E-state index in [-0.39, 0.29) is 5.56 Å². The van der Waals surface area contributed by atoms with Gasteiger partial charge in [0, 0.05) is 11.0 Å². The Bertz CT molecular complexity index is 884. The van der Waals surface area contributed by atoms with E-state index in [1.165, 1.54) is 0 Å². The van der Waals surface area contributed by atoms with Gasteiger partial charge in [-0.1, -0.05) is 47.5 Å². The molecule has 26 heavy (non-hydrogen) atoms. The first-order chi connectivity index (χ1) is 12.3. The van der Waals surface area contributed by atoms with Gasteiger partial charge in [-0.3, -0.25) is 19.5 Å². The smallest absolute Gasteiger partial charge is 0.318 e. The highest BCUT2D eigenvalue weighted by Gasteiger charge is 2.20. The van der Waals surface area contributed by atoms with Crippen LogP contribution < -0.4 is 16.6 Å². The monoisotopic (exact) mass is 440 g/mol. The molecule has 0 saturated heterocycles. The summed E-state index contributed by atoms with van der Waals surface area (Å²) in [4.78, 5) is 40.3. The Hall–Kier alpha value is -1.87. The van der Waals surface area contributed by atoms with E-state index in [0.29, 0.717) is 22.6 Å². The van der Waals surface area contributed by atoms with Gasteiger partial charge in [-0.25, -0.2) is 9.78 Å². The summed E-state index contributed by atoms with van der Waals surface area (Å²) in [5, 5.41) is 2.40. The van der Waals surface area contributed by atoms with E-state index in [1.54, 1.807) is 23.6 Å². The van der Waals surface area contributed by atoms with E-state index >= 15 is 0 Å². The predicted octanol–water partition coefficient (Wildman–Crippen LogP) is 3.02. The molecule has 7 nitrogen and oxygen atoms in total. The van der Waals surface area contributed by atoms with Gasteiger partial charge < -0.3 is 5.73 Å². The number of imide groups is 1. The van der Waals surface area contributed by atoms with E-state index in [2.05, 4.69) is 33.2 Å². The molecular formula is C17H21BrN4O3S. The van der Waals surface area contributed by atoms with Crippen molar-refractivity contribution < 1.29 is 9.59 Å². The van der Waals surface area contributed by atoms with Gasteiger partial charge in [0.15, 0.2) is 5.16 Å². The van der Waals surface area contributed by atoms with Crippen molar-refractivity contribution in [3.63, 3.8) is 0 Å². The zero-order valence-corrected chi connectivity index (χ0v) is 17.0. The number of nitrogens with one attached hydrogen (secondary N) is 1. The molecule has 0 aliphatic heterocycles. The van der Waals surface area contributed by atoms with Gasteiger partial charge in [0.1, 0.15) is 0 Å². The zero-order valence-electron chi connectivity index (χ0n) is 14.6. The number of nitrogens with zero attached hydrogens (tertiary/aromatic N) is 2.